The van der Waals surface area contributed by atoms with Gasteiger partial charge in [-0.15, -0.1) is 0 Å². The summed E-state index contributed by atoms with van der Waals surface area (Å²) in [6.07, 6.45) is 7.09. The maximum atomic E-state index is 11.6. The lowest BCUT2D eigenvalue weighted by molar-refractivity contribution is 0.0927. The molecule has 4 heteroatoms. The van der Waals surface area contributed by atoms with E-state index in [0.29, 0.717) is 5.76 Å². The zero-order valence-electron chi connectivity index (χ0n) is 10.1. The highest BCUT2D eigenvalue weighted by Gasteiger charge is 2.16. The lowest BCUT2D eigenvalue weighted by Gasteiger charge is -2.21. The number of carbonyl (C=O) groups is 1. The Morgan fingerprint density at radius 2 is 2.29 bits per heavy atom. The van der Waals surface area contributed by atoms with E-state index in [2.05, 4.69) is 17.5 Å². The molecular weight excluding hydrogens is 216 g/mol. The molecule has 2 rings (SSSR count). The summed E-state index contributed by atoms with van der Waals surface area (Å²) in [5, 5.41) is 4.16. The van der Waals surface area contributed by atoms with Gasteiger partial charge in [0.15, 0.2) is 5.76 Å². The molecule has 0 saturated heterocycles. The van der Waals surface area contributed by atoms with Crippen molar-refractivity contribution in [3.05, 3.63) is 24.2 Å². The average Bonchev–Trinajstić information content (AvgIpc) is 2.90. The SMILES string of the molecule is CCC1CCC(=NNC(=O)c2ccco2)CC1. The number of carbonyl (C=O) groups excluding carboxylic acids is 1. The van der Waals surface area contributed by atoms with E-state index in [9.17, 15) is 4.79 Å². The second-order valence-electron chi connectivity index (χ2n) is 4.45. The highest BCUT2D eigenvalue weighted by molar-refractivity contribution is 5.93. The van der Waals surface area contributed by atoms with E-state index in [-0.39, 0.29) is 5.91 Å². The largest absolute Gasteiger partial charge is 0.459 e. The van der Waals surface area contributed by atoms with E-state index >= 15 is 0 Å². The molecule has 0 spiro atoms. The Morgan fingerprint density at radius 1 is 1.53 bits per heavy atom. The van der Waals surface area contributed by atoms with Crippen LogP contribution in [0.4, 0.5) is 0 Å². The molecule has 92 valence electrons. The Balaban J connectivity index is 1.83. The van der Waals surface area contributed by atoms with Crippen molar-refractivity contribution in [3.63, 3.8) is 0 Å². The predicted octanol–water partition coefficient (Wildman–Crippen LogP) is 2.97. The van der Waals surface area contributed by atoms with Crippen molar-refractivity contribution in [2.24, 2.45) is 11.0 Å². The van der Waals surface area contributed by atoms with Crippen molar-refractivity contribution < 1.29 is 9.21 Å². The number of rotatable bonds is 3. The highest BCUT2D eigenvalue weighted by Crippen LogP contribution is 2.24. The summed E-state index contributed by atoms with van der Waals surface area (Å²) in [5.41, 5.74) is 3.64. The Labute approximate surface area is 101 Å². The molecule has 1 aliphatic rings. The number of hydrogen-bond donors (Lipinski definition) is 1. The molecular formula is C13H18N2O2. The summed E-state index contributed by atoms with van der Waals surface area (Å²) < 4.78 is 4.99. The Bertz CT molecular complexity index is 386. The van der Waals surface area contributed by atoms with Crippen molar-refractivity contribution in [2.45, 2.75) is 39.0 Å². The van der Waals surface area contributed by atoms with Crippen LogP contribution in [0, 0.1) is 5.92 Å². The zero-order chi connectivity index (χ0) is 12.1. The summed E-state index contributed by atoms with van der Waals surface area (Å²) in [6, 6.07) is 3.32. The molecule has 1 heterocycles. The Hall–Kier alpha value is -1.58. The van der Waals surface area contributed by atoms with E-state index in [4.69, 9.17) is 4.42 Å². The first-order valence-electron chi connectivity index (χ1n) is 6.19. The van der Waals surface area contributed by atoms with Crippen molar-refractivity contribution in [1.82, 2.24) is 5.43 Å². The Morgan fingerprint density at radius 3 is 2.88 bits per heavy atom. The minimum atomic E-state index is -0.278. The molecule has 1 saturated carbocycles. The van der Waals surface area contributed by atoms with Crippen molar-refractivity contribution in [3.8, 4) is 0 Å². The molecule has 1 aromatic heterocycles. The minimum absolute atomic E-state index is 0.278. The summed E-state index contributed by atoms with van der Waals surface area (Å²) >= 11 is 0. The van der Waals surface area contributed by atoms with Crippen molar-refractivity contribution in [2.75, 3.05) is 0 Å². The molecule has 0 bridgehead atoms. The molecule has 0 aliphatic heterocycles. The van der Waals surface area contributed by atoms with Gasteiger partial charge in [-0.25, -0.2) is 5.43 Å². The fourth-order valence-corrected chi connectivity index (χ4v) is 2.12. The van der Waals surface area contributed by atoms with E-state index in [1.165, 1.54) is 25.5 Å². The van der Waals surface area contributed by atoms with E-state index in [0.717, 1.165) is 24.5 Å². The highest BCUT2D eigenvalue weighted by atomic mass is 16.3. The van der Waals surface area contributed by atoms with E-state index < -0.39 is 0 Å². The normalized spacial score (nSPS) is 20.1. The monoisotopic (exact) mass is 234 g/mol. The molecule has 0 aromatic carbocycles. The fourth-order valence-electron chi connectivity index (χ4n) is 2.12. The van der Waals surface area contributed by atoms with Crippen LogP contribution in [0.5, 0.6) is 0 Å². The van der Waals surface area contributed by atoms with Crippen LogP contribution in [-0.4, -0.2) is 11.6 Å². The predicted molar refractivity (Wildman–Crippen MR) is 65.9 cm³/mol. The second-order valence-corrected chi connectivity index (χ2v) is 4.45. The third kappa shape index (κ3) is 3.19. The van der Waals surface area contributed by atoms with Crippen molar-refractivity contribution in [1.29, 1.82) is 0 Å². The van der Waals surface area contributed by atoms with Gasteiger partial charge in [0.2, 0.25) is 0 Å². The Kier molecular flexibility index (Phi) is 3.96. The third-order valence-corrected chi connectivity index (χ3v) is 3.32. The summed E-state index contributed by atoms with van der Waals surface area (Å²) in [6.45, 7) is 2.23. The number of amides is 1. The lowest BCUT2D eigenvalue weighted by atomic mass is 9.86. The summed E-state index contributed by atoms with van der Waals surface area (Å²) in [4.78, 5) is 11.6. The van der Waals surface area contributed by atoms with Gasteiger partial charge in [-0.2, -0.15) is 5.10 Å². The van der Waals surface area contributed by atoms with Gasteiger partial charge < -0.3 is 4.42 Å². The number of furan rings is 1. The number of hydrazone groups is 1. The first-order valence-corrected chi connectivity index (χ1v) is 6.19. The molecule has 1 aromatic rings. The van der Waals surface area contributed by atoms with E-state index in [1.54, 1.807) is 12.1 Å². The van der Waals surface area contributed by atoms with Gasteiger partial charge >= 0.3 is 5.91 Å². The average molecular weight is 234 g/mol. The van der Waals surface area contributed by atoms with Crippen LogP contribution in [0.3, 0.4) is 0 Å². The maximum absolute atomic E-state index is 11.6. The van der Waals surface area contributed by atoms with Gasteiger partial charge in [0, 0.05) is 5.71 Å². The zero-order valence-corrected chi connectivity index (χ0v) is 10.1. The minimum Gasteiger partial charge on any atom is -0.459 e. The molecule has 0 unspecified atom stereocenters. The smallest absolute Gasteiger partial charge is 0.307 e. The molecule has 1 fully saturated rings. The number of nitrogens with zero attached hydrogens (tertiary/aromatic N) is 1. The summed E-state index contributed by atoms with van der Waals surface area (Å²) in [5.74, 6) is 0.853. The van der Waals surface area contributed by atoms with E-state index in [1.807, 2.05) is 0 Å². The molecule has 1 amide bonds. The molecule has 4 nitrogen and oxygen atoms in total. The van der Waals surface area contributed by atoms with Gasteiger partial charge in [-0.05, 0) is 43.7 Å². The van der Waals surface area contributed by atoms with Gasteiger partial charge in [0.1, 0.15) is 0 Å². The maximum Gasteiger partial charge on any atom is 0.307 e. The quantitative estimate of drug-likeness (QED) is 0.817. The van der Waals surface area contributed by atoms with Crippen LogP contribution >= 0.6 is 0 Å². The third-order valence-electron chi connectivity index (χ3n) is 3.32. The van der Waals surface area contributed by atoms with Crippen LogP contribution in [0.25, 0.3) is 0 Å². The van der Waals surface area contributed by atoms with Crippen LogP contribution in [0.15, 0.2) is 27.9 Å². The van der Waals surface area contributed by atoms with Gasteiger partial charge in [0.05, 0.1) is 6.26 Å². The first-order chi connectivity index (χ1) is 8.29. The van der Waals surface area contributed by atoms with Crippen LogP contribution in [0.1, 0.15) is 49.6 Å². The molecule has 1 aliphatic carbocycles. The van der Waals surface area contributed by atoms with Crippen LogP contribution in [-0.2, 0) is 0 Å². The lowest BCUT2D eigenvalue weighted by Crippen LogP contribution is -2.21. The topological polar surface area (TPSA) is 54.6 Å². The number of nitrogens with one attached hydrogen (secondary N) is 1. The molecule has 17 heavy (non-hydrogen) atoms. The van der Waals surface area contributed by atoms with Crippen LogP contribution < -0.4 is 5.43 Å². The molecule has 0 radical (unpaired) electrons. The van der Waals surface area contributed by atoms with Gasteiger partial charge in [0.25, 0.3) is 0 Å². The standard InChI is InChI=1S/C13H18N2O2/c1-2-10-5-7-11(8-6-10)14-15-13(16)12-4-3-9-17-12/h3-4,9-10H,2,5-8H2,1H3,(H,15,16). The van der Waals surface area contributed by atoms with Crippen LogP contribution in [0.2, 0.25) is 0 Å². The van der Waals surface area contributed by atoms with Crippen molar-refractivity contribution >= 4 is 11.6 Å². The summed E-state index contributed by atoms with van der Waals surface area (Å²) in [7, 11) is 0. The molecule has 1 N–H and O–H groups in total. The second kappa shape index (κ2) is 5.66. The first kappa shape index (κ1) is 11.9. The van der Waals surface area contributed by atoms with Gasteiger partial charge in [-0.1, -0.05) is 13.3 Å². The number of hydrogen-bond acceptors (Lipinski definition) is 3. The van der Waals surface area contributed by atoms with Gasteiger partial charge in [-0.3, -0.25) is 4.79 Å². The fraction of sp³-hybridized carbons (Fsp3) is 0.538. The molecule has 0 atom stereocenters.